The van der Waals surface area contributed by atoms with Crippen LogP contribution in [0.1, 0.15) is 16.9 Å². The van der Waals surface area contributed by atoms with E-state index >= 15 is 0 Å². The summed E-state index contributed by atoms with van der Waals surface area (Å²) < 4.78 is 14.7. The first-order valence-electron chi connectivity index (χ1n) is 9.20. The van der Waals surface area contributed by atoms with Crippen LogP contribution in [0.25, 0.3) is 10.9 Å². The molecule has 0 radical (unpaired) electrons. The van der Waals surface area contributed by atoms with Gasteiger partial charge in [0.1, 0.15) is 5.82 Å². The Morgan fingerprint density at radius 1 is 1.17 bits per heavy atom. The number of carbonyl (C=O) groups is 1. The van der Waals surface area contributed by atoms with E-state index in [1.54, 1.807) is 36.5 Å². The smallest absolute Gasteiger partial charge is 0.302 e. The predicted molar refractivity (Wildman–Crippen MR) is 113 cm³/mol. The van der Waals surface area contributed by atoms with Crippen LogP contribution in [0.2, 0.25) is 0 Å². The lowest BCUT2D eigenvalue weighted by Gasteiger charge is -2.09. The molecular weight excluding hydrogens is 407 g/mol. The highest BCUT2D eigenvalue weighted by Crippen LogP contribution is 2.21. The molecule has 30 heavy (non-hydrogen) atoms. The van der Waals surface area contributed by atoms with Gasteiger partial charge in [0.25, 0.3) is 5.56 Å². The molecule has 2 aromatic heterocycles. The van der Waals surface area contributed by atoms with Crippen LogP contribution in [-0.2, 0) is 17.8 Å². The van der Waals surface area contributed by atoms with Gasteiger partial charge in [-0.05, 0) is 29.8 Å². The largest absolute Gasteiger partial charge is 0.328 e. The molecule has 0 aliphatic heterocycles. The minimum atomic E-state index is -0.557. The number of fused-ring (bicyclic) bond motifs is 1. The summed E-state index contributed by atoms with van der Waals surface area (Å²) in [6, 6.07) is 13.1. The van der Waals surface area contributed by atoms with E-state index in [4.69, 9.17) is 0 Å². The summed E-state index contributed by atoms with van der Waals surface area (Å²) in [6.07, 6.45) is 2.20. The fraction of sp³-hybridized carbons (Fsp3) is 0.143. The zero-order valence-electron chi connectivity index (χ0n) is 15.7. The second-order valence-corrected chi connectivity index (χ2v) is 7.78. The number of para-hydroxylation sites is 1. The maximum Gasteiger partial charge on any atom is 0.328 e. The van der Waals surface area contributed by atoms with E-state index in [0.29, 0.717) is 22.5 Å². The van der Waals surface area contributed by atoms with Gasteiger partial charge < -0.3 is 5.32 Å². The monoisotopic (exact) mass is 424 g/mol. The number of carbonyl (C=O) groups excluding carboxylic acids is 1. The maximum atomic E-state index is 13.3. The Hall–Kier alpha value is -3.59. The first-order valence-corrected chi connectivity index (χ1v) is 10.0. The van der Waals surface area contributed by atoms with E-state index in [2.05, 4.69) is 15.3 Å². The van der Waals surface area contributed by atoms with Crippen molar-refractivity contribution in [3.8, 4) is 0 Å². The van der Waals surface area contributed by atoms with E-state index in [1.165, 1.54) is 28.0 Å². The van der Waals surface area contributed by atoms with Crippen molar-refractivity contribution in [1.82, 2.24) is 14.5 Å². The van der Waals surface area contributed by atoms with Gasteiger partial charge in [0.2, 0.25) is 5.91 Å². The van der Waals surface area contributed by atoms with Gasteiger partial charge in [-0.2, -0.15) is 0 Å². The van der Waals surface area contributed by atoms with Gasteiger partial charge in [0.05, 0.1) is 10.9 Å². The maximum absolute atomic E-state index is 13.3. The number of benzene rings is 2. The molecule has 2 aromatic carbocycles. The van der Waals surface area contributed by atoms with E-state index in [1.807, 2.05) is 6.07 Å². The summed E-state index contributed by atoms with van der Waals surface area (Å²) in [5.41, 5.74) is 0.287. The molecule has 0 bridgehead atoms. The number of aryl methyl sites for hydroxylation is 1. The number of halogens is 1. The molecule has 0 saturated carbocycles. The second-order valence-electron chi connectivity index (χ2n) is 6.66. The third kappa shape index (κ3) is 4.36. The molecule has 0 unspecified atom stereocenters. The molecule has 2 heterocycles. The second kappa shape index (κ2) is 8.42. The Morgan fingerprint density at radius 2 is 2.00 bits per heavy atom. The highest BCUT2D eigenvalue weighted by atomic mass is 32.1. The molecule has 0 aliphatic rings. The van der Waals surface area contributed by atoms with Gasteiger partial charge >= 0.3 is 5.69 Å². The van der Waals surface area contributed by atoms with E-state index in [-0.39, 0.29) is 24.7 Å². The van der Waals surface area contributed by atoms with Crippen molar-refractivity contribution in [3.05, 3.63) is 91.8 Å². The molecule has 0 atom stereocenters. The number of amides is 1. The molecule has 2 N–H and O–H groups in total. The van der Waals surface area contributed by atoms with E-state index in [9.17, 15) is 18.8 Å². The van der Waals surface area contributed by atoms with Crippen LogP contribution in [0.4, 0.5) is 9.52 Å². The highest BCUT2D eigenvalue weighted by Gasteiger charge is 2.11. The molecule has 0 spiro atoms. The van der Waals surface area contributed by atoms with Crippen LogP contribution >= 0.6 is 11.3 Å². The fourth-order valence-electron chi connectivity index (χ4n) is 3.15. The zero-order valence-corrected chi connectivity index (χ0v) is 16.5. The lowest BCUT2D eigenvalue weighted by molar-refractivity contribution is -0.116. The fourth-order valence-corrected chi connectivity index (χ4v) is 4.02. The molecule has 9 heteroatoms. The number of rotatable bonds is 6. The van der Waals surface area contributed by atoms with Crippen molar-refractivity contribution in [2.75, 3.05) is 5.32 Å². The molecule has 1 amide bonds. The SMILES string of the molecule is O=C(CCn1c(=O)[nH]c(=O)c2ccccc21)Nc1ncc(Cc2cccc(F)c2)s1. The lowest BCUT2D eigenvalue weighted by atomic mass is 10.1. The van der Waals surface area contributed by atoms with Crippen LogP contribution in [0.3, 0.4) is 0 Å². The minimum absolute atomic E-state index is 0.0365. The third-order valence-corrected chi connectivity index (χ3v) is 5.45. The van der Waals surface area contributed by atoms with Gasteiger partial charge in [0, 0.05) is 30.5 Å². The number of anilines is 1. The highest BCUT2D eigenvalue weighted by molar-refractivity contribution is 7.15. The predicted octanol–water partition coefficient (Wildman–Crippen LogP) is 2.91. The topological polar surface area (TPSA) is 96.9 Å². The van der Waals surface area contributed by atoms with Gasteiger partial charge in [-0.1, -0.05) is 24.3 Å². The summed E-state index contributed by atoms with van der Waals surface area (Å²) in [6.45, 7) is 0.115. The van der Waals surface area contributed by atoms with Crippen molar-refractivity contribution in [2.24, 2.45) is 0 Å². The van der Waals surface area contributed by atoms with Crippen LogP contribution in [0, 0.1) is 5.82 Å². The van der Waals surface area contributed by atoms with Crippen molar-refractivity contribution in [1.29, 1.82) is 0 Å². The Labute approximate surface area is 173 Å². The number of thiazole rings is 1. The van der Waals surface area contributed by atoms with Crippen LogP contribution in [0.5, 0.6) is 0 Å². The van der Waals surface area contributed by atoms with Crippen molar-refractivity contribution in [2.45, 2.75) is 19.4 Å². The van der Waals surface area contributed by atoms with Gasteiger partial charge in [-0.15, -0.1) is 11.3 Å². The first kappa shape index (κ1) is 19.7. The molecule has 4 aromatic rings. The average molecular weight is 424 g/mol. The number of nitrogens with one attached hydrogen (secondary N) is 2. The summed E-state index contributed by atoms with van der Waals surface area (Å²) in [7, 11) is 0. The van der Waals surface area contributed by atoms with Gasteiger partial charge in [-0.25, -0.2) is 14.2 Å². The van der Waals surface area contributed by atoms with Gasteiger partial charge in [-0.3, -0.25) is 19.1 Å². The number of aromatic nitrogens is 3. The quantitative estimate of drug-likeness (QED) is 0.497. The zero-order chi connectivity index (χ0) is 21.1. The number of aromatic amines is 1. The molecular formula is C21H17FN4O3S. The van der Waals surface area contributed by atoms with Gasteiger partial charge in [0.15, 0.2) is 5.13 Å². The van der Waals surface area contributed by atoms with Crippen molar-refractivity contribution < 1.29 is 9.18 Å². The number of nitrogens with zero attached hydrogens (tertiary/aromatic N) is 2. The van der Waals surface area contributed by atoms with E-state index < -0.39 is 11.2 Å². The summed E-state index contributed by atoms with van der Waals surface area (Å²) in [5, 5.41) is 3.54. The van der Waals surface area contributed by atoms with E-state index in [0.717, 1.165) is 10.4 Å². The molecule has 0 aliphatic carbocycles. The summed E-state index contributed by atoms with van der Waals surface area (Å²) >= 11 is 1.31. The Bertz CT molecular complexity index is 1340. The molecule has 7 nitrogen and oxygen atoms in total. The normalized spacial score (nSPS) is 11.0. The first-order chi connectivity index (χ1) is 14.5. The Balaban J connectivity index is 1.42. The summed E-state index contributed by atoms with van der Waals surface area (Å²) in [4.78, 5) is 43.7. The molecule has 0 saturated heterocycles. The molecule has 152 valence electrons. The van der Waals surface area contributed by atoms with Crippen LogP contribution in [-0.4, -0.2) is 20.4 Å². The Kier molecular flexibility index (Phi) is 5.53. The minimum Gasteiger partial charge on any atom is -0.302 e. The Morgan fingerprint density at radius 3 is 2.83 bits per heavy atom. The van der Waals surface area contributed by atoms with Crippen molar-refractivity contribution >= 4 is 33.3 Å². The molecule has 4 rings (SSSR count). The average Bonchev–Trinajstić information content (AvgIpc) is 3.14. The number of hydrogen-bond donors (Lipinski definition) is 2. The van der Waals surface area contributed by atoms with Crippen LogP contribution in [0.15, 0.2) is 64.3 Å². The summed E-state index contributed by atoms with van der Waals surface area (Å²) in [5.74, 6) is -0.598. The standard InChI is InChI=1S/C21H17FN4O3S/c22-14-5-3-4-13(10-14)11-15-12-23-20(30-15)24-18(27)8-9-26-17-7-2-1-6-16(17)19(28)25-21(26)29/h1-7,10,12H,8-9,11H2,(H,23,24,27)(H,25,28,29). The number of H-pyrrole nitrogens is 1. The molecule has 0 fully saturated rings. The van der Waals surface area contributed by atoms with Crippen LogP contribution < -0.4 is 16.6 Å². The van der Waals surface area contributed by atoms with Crippen molar-refractivity contribution in [3.63, 3.8) is 0 Å². The number of hydrogen-bond acceptors (Lipinski definition) is 5. The lowest BCUT2D eigenvalue weighted by Crippen LogP contribution is -2.31. The third-order valence-electron chi connectivity index (χ3n) is 4.53.